The number of aromatic nitrogens is 2. The molecular weight excluding hydrogens is 342 g/mol. The lowest BCUT2D eigenvalue weighted by molar-refractivity contribution is -0.119. The summed E-state index contributed by atoms with van der Waals surface area (Å²) in [5.74, 6) is -0.908. The number of benzene rings is 1. The fourth-order valence-corrected chi connectivity index (χ4v) is 4.09. The van der Waals surface area contributed by atoms with Crippen LogP contribution in [0.3, 0.4) is 0 Å². The third kappa shape index (κ3) is 3.20. The van der Waals surface area contributed by atoms with Crippen LogP contribution in [0.15, 0.2) is 29.1 Å². The Bertz CT molecular complexity index is 1010. The number of hydrogen-bond acceptors (Lipinski definition) is 5. The molecule has 0 spiro atoms. The van der Waals surface area contributed by atoms with Crippen molar-refractivity contribution in [2.75, 3.05) is 11.9 Å². The van der Waals surface area contributed by atoms with Crippen molar-refractivity contribution in [3.63, 3.8) is 0 Å². The summed E-state index contributed by atoms with van der Waals surface area (Å²) in [6.45, 7) is -0.358. The number of carbonyl (C=O) groups excluding carboxylic acids is 2. The number of ether oxygens (including phenoxy) is 1. The van der Waals surface area contributed by atoms with Crippen LogP contribution in [-0.4, -0.2) is 28.5 Å². The molecule has 3 aromatic rings. The first kappa shape index (κ1) is 15.6. The summed E-state index contributed by atoms with van der Waals surface area (Å²) in [4.78, 5) is 42.3. The van der Waals surface area contributed by atoms with Crippen LogP contribution in [0.1, 0.15) is 26.5 Å². The van der Waals surface area contributed by atoms with E-state index in [1.807, 2.05) is 6.07 Å². The molecule has 2 aromatic heterocycles. The molecule has 25 heavy (non-hydrogen) atoms. The number of esters is 1. The molecule has 3 N–H and O–H groups in total. The van der Waals surface area contributed by atoms with Crippen LogP contribution in [-0.2, 0) is 22.4 Å². The van der Waals surface area contributed by atoms with Crippen molar-refractivity contribution in [2.45, 2.75) is 19.3 Å². The lowest BCUT2D eigenvalue weighted by Crippen LogP contribution is -2.20. The van der Waals surface area contributed by atoms with Gasteiger partial charge in [-0.05, 0) is 49.1 Å². The Kier molecular flexibility index (Phi) is 3.89. The standard InChI is InChI=1S/C17H15N3O4S/c21-15(18-10-4-5-11-12(7-10)20-17(23)19-11)8-24-16(22)14-6-9-2-1-3-13(9)25-14/h4-7H,1-3,8H2,(H,18,21)(H2,19,20,23). The van der Waals surface area contributed by atoms with E-state index in [1.54, 1.807) is 18.2 Å². The van der Waals surface area contributed by atoms with Gasteiger partial charge in [0.15, 0.2) is 6.61 Å². The van der Waals surface area contributed by atoms with Gasteiger partial charge in [-0.3, -0.25) is 4.79 Å². The normalized spacial score (nSPS) is 13.0. The molecule has 0 atom stereocenters. The highest BCUT2D eigenvalue weighted by Crippen LogP contribution is 2.30. The summed E-state index contributed by atoms with van der Waals surface area (Å²) in [7, 11) is 0. The summed E-state index contributed by atoms with van der Waals surface area (Å²) in [5.41, 5.74) is 2.66. The molecule has 0 saturated carbocycles. The van der Waals surface area contributed by atoms with Gasteiger partial charge in [0.1, 0.15) is 4.88 Å². The zero-order chi connectivity index (χ0) is 17.4. The summed E-state index contributed by atoms with van der Waals surface area (Å²) >= 11 is 1.45. The van der Waals surface area contributed by atoms with Crippen molar-refractivity contribution in [3.05, 3.63) is 50.1 Å². The van der Waals surface area contributed by atoms with Crippen LogP contribution in [0.4, 0.5) is 5.69 Å². The Labute approximate surface area is 146 Å². The fourth-order valence-electron chi connectivity index (χ4n) is 2.94. The number of rotatable bonds is 4. The number of imidazole rings is 1. The number of thiophene rings is 1. The van der Waals surface area contributed by atoms with E-state index < -0.39 is 11.9 Å². The van der Waals surface area contributed by atoms with Crippen molar-refractivity contribution in [1.29, 1.82) is 0 Å². The van der Waals surface area contributed by atoms with Gasteiger partial charge in [0.25, 0.3) is 5.91 Å². The number of amides is 1. The van der Waals surface area contributed by atoms with E-state index >= 15 is 0 Å². The Balaban J connectivity index is 1.36. The number of hydrogen-bond donors (Lipinski definition) is 3. The minimum Gasteiger partial charge on any atom is -0.451 e. The highest BCUT2D eigenvalue weighted by atomic mass is 32.1. The van der Waals surface area contributed by atoms with E-state index in [4.69, 9.17) is 4.74 Å². The molecule has 8 heteroatoms. The second-order valence-electron chi connectivity index (χ2n) is 5.88. The van der Waals surface area contributed by atoms with E-state index in [2.05, 4.69) is 15.3 Å². The third-order valence-electron chi connectivity index (χ3n) is 4.08. The molecule has 0 bridgehead atoms. The maximum Gasteiger partial charge on any atom is 0.348 e. The van der Waals surface area contributed by atoms with Crippen molar-refractivity contribution in [1.82, 2.24) is 9.97 Å². The van der Waals surface area contributed by atoms with Crippen LogP contribution >= 0.6 is 11.3 Å². The second-order valence-corrected chi connectivity index (χ2v) is 7.01. The third-order valence-corrected chi connectivity index (χ3v) is 5.30. The number of carbonyl (C=O) groups is 2. The highest BCUT2D eigenvalue weighted by Gasteiger charge is 2.20. The molecule has 128 valence electrons. The average Bonchev–Trinajstić information content (AvgIpc) is 3.25. The molecule has 0 unspecified atom stereocenters. The van der Waals surface area contributed by atoms with E-state index in [9.17, 15) is 14.4 Å². The largest absolute Gasteiger partial charge is 0.451 e. The van der Waals surface area contributed by atoms with Gasteiger partial charge in [-0.15, -0.1) is 11.3 Å². The minimum atomic E-state index is -0.472. The minimum absolute atomic E-state index is 0.310. The van der Waals surface area contributed by atoms with Gasteiger partial charge in [-0.1, -0.05) is 0 Å². The predicted octanol–water partition coefficient (Wildman–Crippen LogP) is 2.20. The first-order valence-corrected chi connectivity index (χ1v) is 8.71. The molecular formula is C17H15N3O4S. The molecule has 2 heterocycles. The van der Waals surface area contributed by atoms with Crippen molar-refractivity contribution >= 4 is 39.9 Å². The van der Waals surface area contributed by atoms with Gasteiger partial charge < -0.3 is 20.0 Å². The highest BCUT2D eigenvalue weighted by molar-refractivity contribution is 7.14. The Hall–Kier alpha value is -2.87. The average molecular weight is 357 g/mol. The molecule has 0 fully saturated rings. The molecule has 1 aromatic carbocycles. The lowest BCUT2D eigenvalue weighted by atomic mass is 10.2. The van der Waals surface area contributed by atoms with Crippen molar-refractivity contribution in [2.24, 2.45) is 0 Å². The second kappa shape index (κ2) is 6.21. The maximum absolute atomic E-state index is 12.0. The number of nitrogens with one attached hydrogen (secondary N) is 3. The van der Waals surface area contributed by atoms with Gasteiger partial charge >= 0.3 is 11.7 Å². The zero-order valence-electron chi connectivity index (χ0n) is 13.2. The first-order valence-electron chi connectivity index (χ1n) is 7.89. The molecule has 1 amide bonds. The molecule has 1 aliphatic rings. The number of anilines is 1. The molecule has 0 saturated heterocycles. The van der Waals surface area contributed by atoms with Crippen LogP contribution < -0.4 is 11.0 Å². The molecule has 0 radical (unpaired) electrons. The van der Waals surface area contributed by atoms with Crippen molar-refractivity contribution < 1.29 is 14.3 Å². The van der Waals surface area contributed by atoms with E-state index in [1.165, 1.54) is 21.8 Å². The van der Waals surface area contributed by atoms with Gasteiger partial charge in [0.05, 0.1) is 11.0 Å². The molecule has 7 nitrogen and oxygen atoms in total. The zero-order valence-corrected chi connectivity index (χ0v) is 14.0. The maximum atomic E-state index is 12.0. The summed E-state index contributed by atoms with van der Waals surface area (Å²) in [6.07, 6.45) is 3.15. The topological polar surface area (TPSA) is 104 Å². The molecule has 0 aliphatic heterocycles. The number of H-pyrrole nitrogens is 2. The van der Waals surface area contributed by atoms with Crippen LogP contribution in [0.2, 0.25) is 0 Å². The quantitative estimate of drug-likeness (QED) is 0.623. The number of fused-ring (bicyclic) bond motifs is 2. The van der Waals surface area contributed by atoms with Gasteiger partial charge in [0, 0.05) is 10.6 Å². The molecule has 4 rings (SSSR count). The summed E-state index contributed by atoms with van der Waals surface area (Å²) in [5, 5.41) is 2.64. The summed E-state index contributed by atoms with van der Waals surface area (Å²) < 4.78 is 5.09. The van der Waals surface area contributed by atoms with E-state index in [0.29, 0.717) is 21.6 Å². The lowest BCUT2D eigenvalue weighted by Gasteiger charge is -2.06. The Morgan fingerprint density at radius 1 is 1.16 bits per heavy atom. The van der Waals surface area contributed by atoms with Crippen molar-refractivity contribution in [3.8, 4) is 0 Å². The van der Waals surface area contributed by atoms with Crippen LogP contribution in [0.5, 0.6) is 0 Å². The molecule has 1 aliphatic carbocycles. The Morgan fingerprint density at radius 2 is 2.00 bits per heavy atom. The summed E-state index contributed by atoms with van der Waals surface area (Å²) in [6, 6.07) is 6.85. The smallest absolute Gasteiger partial charge is 0.348 e. The van der Waals surface area contributed by atoms with E-state index in [-0.39, 0.29) is 12.3 Å². The first-order chi connectivity index (χ1) is 12.1. The monoisotopic (exact) mass is 357 g/mol. The SMILES string of the molecule is O=C(COC(=O)c1cc2c(s1)CCC2)Nc1ccc2[nH]c(=O)[nH]c2c1. The number of aryl methyl sites for hydroxylation is 2. The van der Waals surface area contributed by atoms with Crippen LogP contribution in [0, 0.1) is 0 Å². The Morgan fingerprint density at radius 3 is 2.84 bits per heavy atom. The number of aromatic amines is 2. The van der Waals surface area contributed by atoms with Gasteiger partial charge in [-0.25, -0.2) is 9.59 Å². The van der Waals surface area contributed by atoms with Gasteiger partial charge in [0.2, 0.25) is 0 Å². The van der Waals surface area contributed by atoms with E-state index in [0.717, 1.165) is 19.3 Å². The van der Waals surface area contributed by atoms with Gasteiger partial charge in [-0.2, -0.15) is 0 Å². The predicted molar refractivity (Wildman–Crippen MR) is 94.2 cm³/mol. The van der Waals surface area contributed by atoms with Crippen LogP contribution in [0.25, 0.3) is 11.0 Å². The fraction of sp³-hybridized carbons (Fsp3) is 0.235.